The number of nitrogens with one attached hydrogen (secondary N) is 1. The largest absolute Gasteiger partial charge is 0.315 e. The number of likely N-dealkylation sites (tertiary alicyclic amines) is 1. The predicted molar refractivity (Wildman–Crippen MR) is 80.4 cm³/mol. The molecule has 0 spiro atoms. The van der Waals surface area contributed by atoms with Crippen LogP contribution >= 0.6 is 0 Å². The Balaban J connectivity index is 1.86. The van der Waals surface area contributed by atoms with E-state index in [1.54, 1.807) is 0 Å². The molecule has 0 amide bonds. The summed E-state index contributed by atoms with van der Waals surface area (Å²) in [5, 5.41) is 3.58. The maximum atomic E-state index is 3.58. The number of hydrogen-bond donors (Lipinski definition) is 1. The number of benzene rings is 1. The van der Waals surface area contributed by atoms with Gasteiger partial charge in [-0.25, -0.2) is 0 Å². The van der Waals surface area contributed by atoms with Crippen molar-refractivity contribution in [1.82, 2.24) is 10.2 Å². The van der Waals surface area contributed by atoms with Crippen LogP contribution < -0.4 is 5.32 Å². The second kappa shape index (κ2) is 5.26. The van der Waals surface area contributed by atoms with Crippen molar-refractivity contribution in [3.05, 3.63) is 34.9 Å². The van der Waals surface area contributed by atoms with E-state index in [0.717, 1.165) is 12.0 Å². The van der Waals surface area contributed by atoms with Gasteiger partial charge in [0.2, 0.25) is 0 Å². The summed E-state index contributed by atoms with van der Waals surface area (Å²) in [7, 11) is 0. The van der Waals surface area contributed by atoms with Gasteiger partial charge in [0.25, 0.3) is 0 Å². The van der Waals surface area contributed by atoms with E-state index in [1.165, 1.54) is 49.2 Å². The summed E-state index contributed by atoms with van der Waals surface area (Å²) in [6, 6.07) is 8.18. The molecule has 1 aromatic rings. The summed E-state index contributed by atoms with van der Waals surface area (Å²) in [6.07, 6.45) is 2.77. The summed E-state index contributed by atoms with van der Waals surface area (Å²) in [6.45, 7) is 10.5. The number of nitrogens with zero attached hydrogens (tertiary/aromatic N) is 1. The first-order chi connectivity index (χ1) is 9.16. The quantitative estimate of drug-likeness (QED) is 0.877. The van der Waals surface area contributed by atoms with Crippen LogP contribution in [0.4, 0.5) is 0 Å². The molecule has 3 atom stereocenters. The van der Waals surface area contributed by atoms with Crippen LogP contribution in [0.25, 0.3) is 0 Å². The van der Waals surface area contributed by atoms with Gasteiger partial charge in [-0.05, 0) is 63.7 Å². The average molecular weight is 258 g/mol. The van der Waals surface area contributed by atoms with Gasteiger partial charge < -0.3 is 5.32 Å². The fourth-order valence-electron chi connectivity index (χ4n) is 3.97. The molecule has 0 bridgehead atoms. The Morgan fingerprint density at radius 1 is 1.26 bits per heavy atom. The Bertz CT molecular complexity index is 455. The van der Waals surface area contributed by atoms with E-state index in [-0.39, 0.29) is 0 Å². The highest BCUT2D eigenvalue weighted by Gasteiger charge is 2.37. The Morgan fingerprint density at radius 2 is 2.11 bits per heavy atom. The first-order valence-corrected chi connectivity index (χ1v) is 7.70. The Hall–Kier alpha value is -0.860. The molecule has 1 N–H and O–H groups in total. The zero-order valence-corrected chi connectivity index (χ0v) is 12.4. The Kier molecular flexibility index (Phi) is 3.64. The predicted octanol–water partition coefficient (Wildman–Crippen LogP) is 3.05. The van der Waals surface area contributed by atoms with Gasteiger partial charge in [-0.15, -0.1) is 0 Å². The number of fused-ring (bicyclic) bond motifs is 1. The average Bonchev–Trinajstić information content (AvgIpc) is 2.89. The summed E-state index contributed by atoms with van der Waals surface area (Å²) in [5.74, 6) is 0.876. The monoisotopic (exact) mass is 258 g/mol. The van der Waals surface area contributed by atoms with Gasteiger partial charge in [-0.2, -0.15) is 0 Å². The van der Waals surface area contributed by atoms with Crippen LogP contribution in [0.15, 0.2) is 18.2 Å². The van der Waals surface area contributed by atoms with E-state index in [1.807, 2.05) is 0 Å². The first kappa shape index (κ1) is 13.1. The number of piperidine rings is 1. The molecule has 2 aliphatic heterocycles. The summed E-state index contributed by atoms with van der Waals surface area (Å²) in [5.41, 5.74) is 4.34. The minimum absolute atomic E-state index is 0.549. The highest BCUT2D eigenvalue weighted by atomic mass is 15.2. The normalized spacial score (nSPS) is 29.2. The van der Waals surface area contributed by atoms with Crippen molar-refractivity contribution in [2.45, 2.75) is 45.7 Å². The molecule has 0 aliphatic carbocycles. The van der Waals surface area contributed by atoms with Crippen molar-refractivity contribution in [1.29, 1.82) is 0 Å². The fourth-order valence-corrected chi connectivity index (χ4v) is 3.97. The third-order valence-electron chi connectivity index (χ3n) is 5.10. The molecule has 2 heterocycles. The lowest BCUT2D eigenvalue weighted by molar-refractivity contribution is 0.0844. The zero-order valence-electron chi connectivity index (χ0n) is 12.4. The molecule has 2 saturated heterocycles. The van der Waals surface area contributed by atoms with Crippen molar-refractivity contribution in [3.8, 4) is 0 Å². The standard InChI is InChI=1S/C17H26N2/c1-12-6-7-13(2)16(9-12)14(3)19-8-4-5-15-10-18-11-17(15)19/h6-7,9,14-15,17-18H,4-5,8,10-11H2,1-3H3. The molecule has 104 valence electrons. The number of rotatable bonds is 2. The maximum absolute atomic E-state index is 3.58. The topological polar surface area (TPSA) is 15.3 Å². The van der Waals surface area contributed by atoms with Crippen LogP contribution in [-0.4, -0.2) is 30.6 Å². The molecule has 1 aromatic carbocycles. The minimum Gasteiger partial charge on any atom is -0.315 e. The van der Waals surface area contributed by atoms with Crippen LogP contribution in [-0.2, 0) is 0 Å². The van der Waals surface area contributed by atoms with Crippen molar-refractivity contribution in [2.24, 2.45) is 5.92 Å². The molecule has 2 fully saturated rings. The molecular weight excluding hydrogens is 232 g/mol. The second-order valence-corrected chi connectivity index (χ2v) is 6.40. The van der Waals surface area contributed by atoms with Crippen molar-refractivity contribution < 1.29 is 0 Å². The molecule has 3 rings (SSSR count). The van der Waals surface area contributed by atoms with E-state index >= 15 is 0 Å². The molecule has 2 nitrogen and oxygen atoms in total. The summed E-state index contributed by atoms with van der Waals surface area (Å²) in [4.78, 5) is 2.75. The highest BCUT2D eigenvalue weighted by molar-refractivity contribution is 5.33. The van der Waals surface area contributed by atoms with E-state index in [2.05, 4.69) is 49.2 Å². The highest BCUT2D eigenvalue weighted by Crippen LogP contribution is 2.34. The lowest BCUT2D eigenvalue weighted by Gasteiger charge is -2.41. The van der Waals surface area contributed by atoms with Gasteiger partial charge in [-0.3, -0.25) is 4.90 Å². The fraction of sp³-hybridized carbons (Fsp3) is 0.647. The van der Waals surface area contributed by atoms with Gasteiger partial charge in [0.05, 0.1) is 0 Å². The van der Waals surface area contributed by atoms with Crippen molar-refractivity contribution >= 4 is 0 Å². The third kappa shape index (κ3) is 2.44. The molecule has 0 radical (unpaired) electrons. The van der Waals surface area contributed by atoms with Gasteiger partial charge >= 0.3 is 0 Å². The van der Waals surface area contributed by atoms with E-state index in [0.29, 0.717) is 6.04 Å². The van der Waals surface area contributed by atoms with Crippen LogP contribution in [0.5, 0.6) is 0 Å². The van der Waals surface area contributed by atoms with E-state index in [4.69, 9.17) is 0 Å². The van der Waals surface area contributed by atoms with Crippen LogP contribution in [0.1, 0.15) is 42.5 Å². The zero-order chi connectivity index (χ0) is 13.4. The Labute approximate surface area is 117 Å². The lowest BCUT2D eigenvalue weighted by atomic mass is 9.88. The smallest absolute Gasteiger partial charge is 0.0326 e. The molecule has 2 heteroatoms. The van der Waals surface area contributed by atoms with Crippen LogP contribution in [0, 0.1) is 19.8 Å². The summed E-state index contributed by atoms with van der Waals surface area (Å²) >= 11 is 0. The van der Waals surface area contributed by atoms with Gasteiger partial charge in [0.1, 0.15) is 0 Å². The minimum atomic E-state index is 0.549. The van der Waals surface area contributed by atoms with Crippen molar-refractivity contribution in [3.63, 3.8) is 0 Å². The van der Waals surface area contributed by atoms with Crippen LogP contribution in [0.2, 0.25) is 0 Å². The third-order valence-corrected chi connectivity index (χ3v) is 5.10. The number of hydrogen-bond acceptors (Lipinski definition) is 2. The number of aryl methyl sites for hydroxylation is 2. The SMILES string of the molecule is Cc1ccc(C)c(C(C)N2CCCC3CNCC32)c1. The van der Waals surface area contributed by atoms with Gasteiger partial charge in [0, 0.05) is 18.6 Å². The molecule has 0 saturated carbocycles. The van der Waals surface area contributed by atoms with E-state index < -0.39 is 0 Å². The van der Waals surface area contributed by atoms with Crippen LogP contribution in [0.3, 0.4) is 0 Å². The first-order valence-electron chi connectivity index (χ1n) is 7.70. The van der Waals surface area contributed by atoms with E-state index in [9.17, 15) is 0 Å². The molecule has 3 unspecified atom stereocenters. The molecule has 0 aromatic heterocycles. The summed E-state index contributed by atoms with van der Waals surface area (Å²) < 4.78 is 0. The second-order valence-electron chi connectivity index (χ2n) is 6.40. The molecular formula is C17H26N2. The molecule has 19 heavy (non-hydrogen) atoms. The van der Waals surface area contributed by atoms with Gasteiger partial charge in [-0.1, -0.05) is 23.8 Å². The van der Waals surface area contributed by atoms with Crippen molar-refractivity contribution in [2.75, 3.05) is 19.6 Å². The lowest BCUT2D eigenvalue weighted by Crippen LogP contribution is -2.46. The van der Waals surface area contributed by atoms with Gasteiger partial charge in [0.15, 0.2) is 0 Å². The maximum Gasteiger partial charge on any atom is 0.0326 e. The molecule has 2 aliphatic rings. The Morgan fingerprint density at radius 3 is 2.95 bits per heavy atom.